The van der Waals surface area contributed by atoms with E-state index in [1.165, 1.54) is 0 Å². The first-order chi connectivity index (χ1) is 0. The summed E-state index contributed by atoms with van der Waals surface area (Å²) in [5.41, 5.74) is 0. The van der Waals surface area contributed by atoms with Crippen molar-refractivity contribution in [3.05, 3.63) is 0 Å². The normalized spacial score (nSPS) is 0. The van der Waals surface area contributed by atoms with E-state index in [1.807, 2.05) is 0 Å². The molecule has 10 N–H and O–H groups in total. The second-order valence-corrected chi connectivity index (χ2v) is 0. The number of rotatable bonds is 0. The summed E-state index contributed by atoms with van der Waals surface area (Å²) in [5, 5.41) is 0. The van der Waals surface area contributed by atoms with Gasteiger partial charge in [-0.15, -0.1) is 0 Å². The minimum atomic E-state index is 0. The summed E-state index contributed by atoms with van der Waals surface area (Å²) in [4.78, 5) is 0. The molecule has 0 bridgehead atoms. The van der Waals surface area contributed by atoms with Crippen LogP contribution in [0.25, 0.3) is 0 Å². The second kappa shape index (κ2) is 177. The molecule has 0 fully saturated rings. The molecule has 58 valence electrons. The van der Waals surface area contributed by atoms with Crippen LogP contribution >= 0.6 is 9.90 Å². The summed E-state index contributed by atoms with van der Waals surface area (Å²) in [6.07, 6.45) is 0. The van der Waals surface area contributed by atoms with Crippen molar-refractivity contribution >= 4 is 9.90 Å². The Kier molecular flexibility index (Phi) is 5570. The Morgan fingerprint density at radius 1 is 0.500 bits per heavy atom. The molecule has 0 aromatic rings. The van der Waals surface area contributed by atoms with Crippen LogP contribution in [0.1, 0.15) is 0 Å². The van der Waals surface area contributed by atoms with Crippen LogP contribution in [0.4, 0.5) is 0 Å². The van der Waals surface area contributed by atoms with Crippen LogP contribution in [0.3, 0.4) is 0 Å². The van der Waals surface area contributed by atoms with Gasteiger partial charge >= 0.3 is 0 Å². The van der Waals surface area contributed by atoms with Gasteiger partial charge < -0.3 is 27.4 Å². The molecule has 1 atom stereocenters. The predicted octanol–water partition coefficient (Wildman–Crippen LogP) is -4.07. The molecule has 0 spiro atoms. The van der Waals surface area contributed by atoms with Crippen LogP contribution in [0.5, 0.6) is 0 Å². The van der Waals surface area contributed by atoms with Crippen molar-refractivity contribution in [2.24, 2.45) is 0 Å². The van der Waals surface area contributed by atoms with Gasteiger partial charge in [-0.2, -0.15) is 9.90 Å². The molecule has 0 amide bonds. The van der Waals surface area contributed by atoms with Crippen molar-refractivity contribution in [1.82, 2.24) is 0 Å². The average Bonchev–Trinajstić information content (AvgIpc) is 0. The Labute approximate surface area is 81.8 Å². The van der Waals surface area contributed by atoms with Gasteiger partial charge in [0.25, 0.3) is 0 Å². The summed E-state index contributed by atoms with van der Waals surface area (Å²) in [6.45, 7) is 0. The molecule has 0 rings (SSSR count). The zero-order chi connectivity index (χ0) is 0. The van der Waals surface area contributed by atoms with Crippen LogP contribution in [0.2, 0.25) is 0 Å². The third-order valence-corrected chi connectivity index (χ3v) is 0. The van der Waals surface area contributed by atoms with E-state index in [1.54, 1.807) is 0 Å². The van der Waals surface area contributed by atoms with Crippen molar-refractivity contribution in [2.75, 3.05) is 0 Å². The zero-order valence-electron chi connectivity index (χ0n) is 4.10. The van der Waals surface area contributed by atoms with Gasteiger partial charge in [0.1, 0.15) is 0 Å². The zero-order valence-corrected chi connectivity index (χ0v) is 10.9. The van der Waals surface area contributed by atoms with E-state index in [0.29, 0.717) is 0 Å². The van der Waals surface area contributed by atoms with E-state index in [9.17, 15) is 0 Å². The van der Waals surface area contributed by atoms with Crippen LogP contribution in [0.15, 0.2) is 0 Å². The van der Waals surface area contributed by atoms with E-state index in [-0.39, 0.29) is 82.0 Å². The summed E-state index contributed by atoms with van der Waals surface area (Å²) < 4.78 is 0. The fourth-order valence-corrected chi connectivity index (χ4v) is 0. The summed E-state index contributed by atoms with van der Waals surface area (Å²) in [5.74, 6) is 0. The molecule has 0 aliphatic rings. The summed E-state index contributed by atoms with van der Waals surface area (Å²) >= 11 is 0. The third-order valence-electron chi connectivity index (χ3n) is 0. The molecule has 8 heavy (non-hydrogen) atoms. The average molecular weight is 398 g/mol. The molecule has 0 aliphatic heterocycles. The van der Waals surface area contributed by atoms with Gasteiger partial charge in [0, 0.05) is 44.8 Å². The van der Waals surface area contributed by atoms with E-state index in [4.69, 9.17) is 0 Å². The molecular weight excluding hydrogens is 385 g/mol. The summed E-state index contributed by atoms with van der Waals surface area (Å²) in [6, 6.07) is 0. The van der Waals surface area contributed by atoms with Crippen molar-refractivity contribution in [3.63, 3.8) is 0 Å². The van der Waals surface area contributed by atoms with Gasteiger partial charge in [0.15, 0.2) is 0 Å². The van der Waals surface area contributed by atoms with Crippen LogP contribution in [-0.4, -0.2) is 27.4 Å². The van der Waals surface area contributed by atoms with E-state index in [2.05, 4.69) is 0 Å². The SMILES string of the molecule is O.O.O.O.O.P.[Nb].[Ta]. The molecule has 0 aromatic heterocycles. The van der Waals surface area contributed by atoms with E-state index < -0.39 is 0 Å². The molecule has 0 aliphatic carbocycles. The molecule has 8 heteroatoms. The largest absolute Gasteiger partial charge is 0.412 e. The fourth-order valence-electron chi connectivity index (χ4n) is 0. The molecule has 0 saturated heterocycles. The maximum absolute atomic E-state index is 0. The van der Waals surface area contributed by atoms with Gasteiger partial charge in [-0.25, -0.2) is 0 Å². The standard InChI is InChI=1S/Nb.5H2O.H3P.Ta/h;5*1H2;1H3;. The topological polar surface area (TPSA) is 158 Å². The number of hydrogen-bond donors (Lipinski definition) is 0. The Morgan fingerprint density at radius 2 is 0.500 bits per heavy atom. The fraction of sp³-hybridized carbons (Fsp3) is 0. The minimum absolute atomic E-state index is 0. The Morgan fingerprint density at radius 3 is 0.500 bits per heavy atom. The van der Waals surface area contributed by atoms with Crippen molar-refractivity contribution in [2.45, 2.75) is 0 Å². The Hall–Kier alpha value is 1.71. The van der Waals surface area contributed by atoms with Crippen LogP contribution < -0.4 is 0 Å². The predicted molar refractivity (Wildman–Crippen MR) is 29.2 cm³/mol. The third kappa shape index (κ3) is 119. The minimum Gasteiger partial charge on any atom is -0.412 e. The van der Waals surface area contributed by atoms with Crippen LogP contribution in [-0.2, 0) is 44.8 Å². The monoisotopic (exact) mass is 398 g/mol. The van der Waals surface area contributed by atoms with Gasteiger partial charge in [-0.05, 0) is 0 Å². The molecule has 1 unspecified atom stereocenters. The molecule has 2 radical (unpaired) electrons. The quantitative estimate of drug-likeness (QED) is 0.288. The first kappa shape index (κ1) is 252. The first-order valence-corrected chi connectivity index (χ1v) is 0. The van der Waals surface area contributed by atoms with Crippen molar-refractivity contribution in [3.8, 4) is 0 Å². The van der Waals surface area contributed by atoms with Gasteiger partial charge in [-0.3, -0.25) is 0 Å². The maximum atomic E-state index is 0. The molecule has 0 aromatic carbocycles. The maximum Gasteiger partial charge on any atom is 0 e. The van der Waals surface area contributed by atoms with Crippen molar-refractivity contribution in [1.29, 1.82) is 0 Å². The molecular formula is H13NbO5PTa. The van der Waals surface area contributed by atoms with E-state index >= 15 is 0 Å². The molecule has 0 saturated carbocycles. The summed E-state index contributed by atoms with van der Waals surface area (Å²) in [7, 11) is 0. The van der Waals surface area contributed by atoms with Gasteiger partial charge in [-0.1, -0.05) is 0 Å². The second-order valence-electron chi connectivity index (χ2n) is 0. The smallest absolute Gasteiger partial charge is 0 e. The molecule has 5 nitrogen and oxygen atoms in total. The Balaban J connectivity index is 0. The van der Waals surface area contributed by atoms with Gasteiger partial charge in [0.05, 0.1) is 0 Å². The first-order valence-electron chi connectivity index (χ1n) is 0. The van der Waals surface area contributed by atoms with Crippen LogP contribution in [0, 0.1) is 0 Å². The van der Waals surface area contributed by atoms with Gasteiger partial charge in [0.2, 0.25) is 0 Å². The van der Waals surface area contributed by atoms with E-state index in [0.717, 1.165) is 0 Å². The Bertz CT molecular complexity index is 12.4. The number of hydrogen-bond acceptors (Lipinski definition) is 0. The molecule has 0 heterocycles. The van der Waals surface area contributed by atoms with Crippen molar-refractivity contribution < 1.29 is 72.1 Å².